The molecule has 1 fully saturated rings. The molecule has 0 spiro atoms. The lowest BCUT2D eigenvalue weighted by molar-refractivity contribution is -0.143. The highest BCUT2D eigenvalue weighted by Gasteiger charge is 2.48. The number of nitrogens with zero attached hydrogens (tertiary/aromatic N) is 1. The Morgan fingerprint density at radius 2 is 2.00 bits per heavy atom. The van der Waals surface area contributed by atoms with Crippen LogP contribution in [0.15, 0.2) is 30.3 Å². The van der Waals surface area contributed by atoms with Crippen molar-refractivity contribution >= 4 is 17.8 Å². The van der Waals surface area contributed by atoms with E-state index in [1.54, 1.807) is 6.92 Å². The zero-order valence-corrected chi connectivity index (χ0v) is 11.7. The Morgan fingerprint density at radius 3 is 2.62 bits per heavy atom. The Bertz CT molecular complexity index is 556. The highest BCUT2D eigenvalue weighted by Crippen LogP contribution is 2.35. The Kier molecular flexibility index (Phi) is 4.37. The first-order chi connectivity index (χ1) is 9.95. The van der Waals surface area contributed by atoms with Crippen LogP contribution in [0.1, 0.15) is 18.9 Å². The fourth-order valence-corrected chi connectivity index (χ4v) is 2.46. The highest BCUT2D eigenvalue weighted by molar-refractivity contribution is 6.08. The van der Waals surface area contributed by atoms with Crippen molar-refractivity contribution < 1.29 is 24.2 Å². The van der Waals surface area contributed by atoms with Crippen LogP contribution in [0.25, 0.3) is 0 Å². The topological polar surface area (TPSA) is 83.9 Å². The van der Waals surface area contributed by atoms with Crippen molar-refractivity contribution in [2.24, 2.45) is 0 Å². The van der Waals surface area contributed by atoms with Crippen molar-refractivity contribution in [1.29, 1.82) is 0 Å². The summed E-state index contributed by atoms with van der Waals surface area (Å²) in [6.45, 7) is 1.41. The molecule has 0 radical (unpaired) electrons. The molecule has 1 N–H and O–H groups in total. The lowest BCUT2D eigenvalue weighted by Crippen LogP contribution is -2.38. The van der Waals surface area contributed by atoms with Crippen molar-refractivity contribution in [3.63, 3.8) is 0 Å². The van der Waals surface area contributed by atoms with Gasteiger partial charge in [-0.25, -0.2) is 4.79 Å². The van der Waals surface area contributed by atoms with Crippen molar-refractivity contribution in [2.45, 2.75) is 18.8 Å². The number of imide groups is 1. The van der Waals surface area contributed by atoms with Gasteiger partial charge in [0.1, 0.15) is 6.61 Å². The number of carboxylic acids is 1. The molecule has 1 aromatic carbocycles. The standard InChI is InChI=1S/C15H17NO5/c1-15(11-5-3-2-4-6-11)9-12(17)16(14(15)20)7-8-21-10-13(18)19/h2-6H,7-10H2,1H3,(H,18,19). The molecule has 1 aliphatic rings. The average molecular weight is 291 g/mol. The lowest BCUT2D eigenvalue weighted by atomic mass is 9.81. The largest absolute Gasteiger partial charge is 0.480 e. The molecule has 1 aliphatic heterocycles. The second-order valence-electron chi connectivity index (χ2n) is 5.17. The van der Waals surface area contributed by atoms with Gasteiger partial charge in [-0.15, -0.1) is 0 Å². The zero-order valence-electron chi connectivity index (χ0n) is 11.7. The van der Waals surface area contributed by atoms with E-state index in [9.17, 15) is 14.4 Å². The Hall–Kier alpha value is -2.21. The predicted octanol–water partition coefficient (Wildman–Crippen LogP) is 0.804. The maximum absolute atomic E-state index is 12.5. The number of benzene rings is 1. The number of carboxylic acid groups (broad SMARTS) is 1. The third kappa shape index (κ3) is 3.11. The Balaban J connectivity index is 2.04. The van der Waals surface area contributed by atoms with Crippen LogP contribution in [0.2, 0.25) is 0 Å². The van der Waals surface area contributed by atoms with Gasteiger partial charge >= 0.3 is 5.97 Å². The van der Waals surface area contributed by atoms with E-state index in [1.807, 2.05) is 30.3 Å². The summed E-state index contributed by atoms with van der Waals surface area (Å²) in [5, 5.41) is 8.47. The number of hydrogen-bond acceptors (Lipinski definition) is 4. The van der Waals surface area contributed by atoms with Crippen LogP contribution < -0.4 is 0 Å². The molecule has 1 heterocycles. The molecule has 112 valence electrons. The van der Waals surface area contributed by atoms with E-state index in [2.05, 4.69) is 0 Å². The normalized spacial score (nSPS) is 21.9. The van der Waals surface area contributed by atoms with Gasteiger partial charge in [0.15, 0.2) is 0 Å². The van der Waals surface area contributed by atoms with Crippen LogP contribution in [0.5, 0.6) is 0 Å². The molecule has 0 aliphatic carbocycles. The van der Waals surface area contributed by atoms with E-state index in [0.29, 0.717) is 0 Å². The molecule has 1 aromatic rings. The molecular weight excluding hydrogens is 274 g/mol. The molecule has 6 heteroatoms. The van der Waals surface area contributed by atoms with Gasteiger partial charge in [0, 0.05) is 6.42 Å². The van der Waals surface area contributed by atoms with Gasteiger partial charge in [0.25, 0.3) is 0 Å². The molecule has 2 rings (SSSR count). The number of likely N-dealkylation sites (tertiary alicyclic amines) is 1. The summed E-state index contributed by atoms with van der Waals surface area (Å²) in [6.07, 6.45) is 0.120. The minimum atomic E-state index is -1.08. The summed E-state index contributed by atoms with van der Waals surface area (Å²) in [5.74, 6) is -1.61. The minimum absolute atomic E-state index is 0.0225. The van der Waals surface area contributed by atoms with Crippen LogP contribution in [0.3, 0.4) is 0 Å². The minimum Gasteiger partial charge on any atom is -0.480 e. The fraction of sp³-hybridized carbons (Fsp3) is 0.400. The van der Waals surface area contributed by atoms with E-state index in [1.165, 1.54) is 0 Å². The summed E-state index contributed by atoms with van der Waals surface area (Å²) in [7, 11) is 0. The number of rotatable bonds is 6. The predicted molar refractivity (Wildman–Crippen MR) is 73.6 cm³/mol. The van der Waals surface area contributed by atoms with Crippen LogP contribution in [0.4, 0.5) is 0 Å². The highest BCUT2D eigenvalue weighted by atomic mass is 16.5. The first kappa shape index (κ1) is 15.2. The summed E-state index contributed by atoms with van der Waals surface area (Å²) in [4.78, 5) is 36.0. The van der Waals surface area contributed by atoms with Gasteiger partial charge in [-0.3, -0.25) is 14.5 Å². The average Bonchev–Trinajstić information content (AvgIpc) is 2.68. The molecule has 1 unspecified atom stereocenters. The number of ether oxygens (including phenoxy) is 1. The van der Waals surface area contributed by atoms with E-state index in [4.69, 9.17) is 9.84 Å². The third-order valence-corrected chi connectivity index (χ3v) is 3.62. The van der Waals surface area contributed by atoms with E-state index in [-0.39, 0.29) is 31.4 Å². The maximum atomic E-state index is 12.5. The lowest BCUT2D eigenvalue weighted by Gasteiger charge is -2.22. The molecule has 1 saturated heterocycles. The van der Waals surface area contributed by atoms with Crippen LogP contribution in [-0.2, 0) is 24.5 Å². The molecular formula is C15H17NO5. The third-order valence-electron chi connectivity index (χ3n) is 3.62. The molecule has 21 heavy (non-hydrogen) atoms. The van der Waals surface area contributed by atoms with E-state index < -0.39 is 18.0 Å². The van der Waals surface area contributed by atoms with Crippen molar-refractivity contribution in [2.75, 3.05) is 19.8 Å². The van der Waals surface area contributed by atoms with Crippen molar-refractivity contribution in [1.82, 2.24) is 4.90 Å². The molecule has 0 bridgehead atoms. The van der Waals surface area contributed by atoms with Gasteiger partial charge in [-0.05, 0) is 12.5 Å². The molecule has 2 amide bonds. The summed E-state index contributed by atoms with van der Waals surface area (Å²) < 4.78 is 4.88. The zero-order chi connectivity index (χ0) is 15.5. The van der Waals surface area contributed by atoms with Crippen molar-refractivity contribution in [3.05, 3.63) is 35.9 Å². The number of amides is 2. The molecule has 0 aromatic heterocycles. The number of aliphatic carboxylic acids is 1. The van der Waals surface area contributed by atoms with Gasteiger partial charge in [-0.1, -0.05) is 30.3 Å². The molecule has 0 saturated carbocycles. The van der Waals surface area contributed by atoms with Crippen LogP contribution in [0, 0.1) is 0 Å². The molecule has 1 atom stereocenters. The van der Waals surface area contributed by atoms with Crippen LogP contribution in [-0.4, -0.2) is 47.5 Å². The number of hydrogen-bond donors (Lipinski definition) is 1. The first-order valence-electron chi connectivity index (χ1n) is 6.65. The van der Waals surface area contributed by atoms with Crippen LogP contribution >= 0.6 is 0 Å². The SMILES string of the molecule is CC1(c2ccccc2)CC(=O)N(CCOCC(=O)O)C1=O. The monoisotopic (exact) mass is 291 g/mol. The van der Waals surface area contributed by atoms with Gasteiger partial charge in [0.05, 0.1) is 18.6 Å². The quantitative estimate of drug-likeness (QED) is 0.619. The summed E-state index contributed by atoms with van der Waals surface area (Å²) >= 11 is 0. The van der Waals surface area contributed by atoms with Crippen molar-refractivity contribution in [3.8, 4) is 0 Å². The Labute approximate surface area is 122 Å². The van der Waals surface area contributed by atoms with Gasteiger partial charge in [0.2, 0.25) is 11.8 Å². The summed E-state index contributed by atoms with van der Waals surface area (Å²) in [6, 6.07) is 9.17. The van der Waals surface area contributed by atoms with Gasteiger partial charge < -0.3 is 9.84 Å². The molecule has 6 nitrogen and oxygen atoms in total. The van der Waals surface area contributed by atoms with E-state index in [0.717, 1.165) is 10.5 Å². The maximum Gasteiger partial charge on any atom is 0.329 e. The number of carbonyl (C=O) groups is 3. The fourth-order valence-electron chi connectivity index (χ4n) is 2.46. The van der Waals surface area contributed by atoms with E-state index >= 15 is 0 Å². The second kappa shape index (κ2) is 6.05. The second-order valence-corrected chi connectivity index (χ2v) is 5.17. The first-order valence-corrected chi connectivity index (χ1v) is 6.65. The summed E-state index contributed by atoms with van der Waals surface area (Å²) in [5.41, 5.74) is -0.0530. The number of carbonyl (C=O) groups excluding carboxylic acids is 2. The Morgan fingerprint density at radius 1 is 1.33 bits per heavy atom. The smallest absolute Gasteiger partial charge is 0.329 e. The van der Waals surface area contributed by atoms with Gasteiger partial charge in [-0.2, -0.15) is 0 Å².